The van der Waals surface area contributed by atoms with Gasteiger partial charge in [0.05, 0.1) is 6.20 Å². The van der Waals surface area contributed by atoms with Crippen LogP contribution in [0.25, 0.3) is 0 Å². The van der Waals surface area contributed by atoms with E-state index in [4.69, 9.17) is 5.11 Å². The van der Waals surface area contributed by atoms with Crippen LogP contribution in [0.3, 0.4) is 0 Å². The van der Waals surface area contributed by atoms with E-state index in [-0.39, 0.29) is 18.1 Å². The number of anilines is 1. The van der Waals surface area contributed by atoms with Crippen LogP contribution in [-0.2, 0) is 11.3 Å². The molecule has 0 saturated heterocycles. The predicted octanol–water partition coefficient (Wildman–Crippen LogP) is -0.397. The Hall–Kier alpha value is -2.71. The predicted molar refractivity (Wildman–Crippen MR) is 52.1 cm³/mol. The number of rotatable bonds is 4. The lowest BCUT2D eigenvalue weighted by molar-refractivity contribution is -0.137. The average molecular weight is 237 g/mol. The summed E-state index contributed by atoms with van der Waals surface area (Å²) in [6.45, 7) is -0.357. The summed E-state index contributed by atoms with van der Waals surface area (Å²) in [5.74, 6) is -1.38. The molecule has 0 atom stereocenters. The van der Waals surface area contributed by atoms with Gasteiger partial charge >= 0.3 is 5.97 Å². The summed E-state index contributed by atoms with van der Waals surface area (Å²) < 4.78 is 5.57. The lowest BCUT2D eigenvalue weighted by Gasteiger charge is -1.95. The fraction of sp³-hybridized carbons (Fsp3) is 0.125. The molecule has 0 spiro atoms. The fourth-order valence-corrected chi connectivity index (χ4v) is 1.08. The molecule has 17 heavy (non-hydrogen) atoms. The van der Waals surface area contributed by atoms with Crippen LogP contribution in [0.2, 0.25) is 0 Å². The summed E-state index contributed by atoms with van der Waals surface area (Å²) >= 11 is 0. The van der Waals surface area contributed by atoms with Gasteiger partial charge in [-0.2, -0.15) is 0 Å². The highest BCUT2D eigenvalue weighted by Crippen LogP contribution is 2.03. The topological polar surface area (TPSA) is 123 Å². The van der Waals surface area contributed by atoms with E-state index in [9.17, 15) is 9.59 Å². The first-order valence-corrected chi connectivity index (χ1v) is 4.49. The van der Waals surface area contributed by atoms with Gasteiger partial charge in [-0.3, -0.25) is 9.59 Å². The number of carbonyl (C=O) groups is 2. The van der Waals surface area contributed by atoms with E-state index in [1.165, 1.54) is 18.5 Å². The Balaban J connectivity index is 2.04. The standard InChI is InChI=1S/C8H7N5O4/c14-7(15)4-13-3-5(10-12-13)8(16)9-6-1-2-17-11-6/h1-3H,4H2,(H,14,15)(H,9,11,16). The molecule has 1 amide bonds. The molecule has 0 unspecified atom stereocenters. The van der Waals surface area contributed by atoms with Crippen molar-refractivity contribution in [2.24, 2.45) is 0 Å². The Morgan fingerprint density at radius 1 is 1.53 bits per heavy atom. The van der Waals surface area contributed by atoms with Crippen molar-refractivity contribution in [1.29, 1.82) is 0 Å². The molecular formula is C8H7N5O4. The van der Waals surface area contributed by atoms with Crippen molar-refractivity contribution in [3.8, 4) is 0 Å². The number of carboxylic acids is 1. The highest BCUT2D eigenvalue weighted by molar-refractivity contribution is 6.01. The molecule has 0 fully saturated rings. The zero-order chi connectivity index (χ0) is 12.3. The number of aromatic nitrogens is 4. The van der Waals surface area contributed by atoms with Crippen LogP contribution in [0.5, 0.6) is 0 Å². The molecule has 0 aliphatic rings. The third-order valence-electron chi connectivity index (χ3n) is 1.75. The van der Waals surface area contributed by atoms with Crippen molar-refractivity contribution in [2.75, 3.05) is 5.32 Å². The Labute approximate surface area is 94.0 Å². The maximum Gasteiger partial charge on any atom is 0.325 e. The largest absolute Gasteiger partial charge is 0.480 e. The van der Waals surface area contributed by atoms with Crippen molar-refractivity contribution in [1.82, 2.24) is 20.2 Å². The molecular weight excluding hydrogens is 230 g/mol. The van der Waals surface area contributed by atoms with E-state index >= 15 is 0 Å². The molecule has 2 aromatic rings. The molecule has 2 heterocycles. The molecule has 0 aliphatic heterocycles. The number of nitrogens with one attached hydrogen (secondary N) is 1. The zero-order valence-corrected chi connectivity index (χ0v) is 8.40. The number of carboxylic acid groups (broad SMARTS) is 1. The summed E-state index contributed by atoms with van der Waals surface area (Å²) in [4.78, 5) is 21.9. The second kappa shape index (κ2) is 4.43. The highest BCUT2D eigenvalue weighted by Gasteiger charge is 2.13. The van der Waals surface area contributed by atoms with Gasteiger partial charge in [-0.1, -0.05) is 10.4 Å². The fourth-order valence-electron chi connectivity index (χ4n) is 1.08. The first-order chi connectivity index (χ1) is 8.15. The number of hydrogen-bond acceptors (Lipinski definition) is 6. The Morgan fingerprint density at radius 2 is 2.35 bits per heavy atom. The number of aliphatic carboxylic acids is 1. The lowest BCUT2D eigenvalue weighted by atomic mass is 10.4. The number of hydrogen-bond donors (Lipinski definition) is 2. The van der Waals surface area contributed by atoms with Crippen LogP contribution < -0.4 is 5.32 Å². The van der Waals surface area contributed by atoms with Crippen molar-refractivity contribution >= 4 is 17.7 Å². The van der Waals surface area contributed by atoms with E-state index in [2.05, 4.69) is 25.3 Å². The number of nitrogens with zero attached hydrogens (tertiary/aromatic N) is 4. The smallest absolute Gasteiger partial charge is 0.325 e. The maximum absolute atomic E-state index is 11.6. The second-order valence-corrected chi connectivity index (χ2v) is 3.03. The summed E-state index contributed by atoms with van der Waals surface area (Å²) in [6, 6.07) is 1.46. The molecule has 0 saturated carbocycles. The maximum atomic E-state index is 11.6. The van der Waals surface area contributed by atoms with Crippen LogP contribution in [-0.4, -0.2) is 37.1 Å². The van der Waals surface area contributed by atoms with Crippen LogP contribution >= 0.6 is 0 Å². The van der Waals surface area contributed by atoms with Gasteiger partial charge in [0.15, 0.2) is 11.5 Å². The molecule has 9 heteroatoms. The SMILES string of the molecule is O=C(O)Cn1cc(C(=O)Nc2ccon2)nn1. The zero-order valence-electron chi connectivity index (χ0n) is 8.40. The Kier molecular flexibility index (Phi) is 2.81. The normalized spacial score (nSPS) is 10.1. The monoisotopic (exact) mass is 237 g/mol. The van der Waals surface area contributed by atoms with Crippen LogP contribution in [0.15, 0.2) is 23.0 Å². The molecule has 0 bridgehead atoms. The molecule has 2 N–H and O–H groups in total. The van der Waals surface area contributed by atoms with Gasteiger partial charge in [0.2, 0.25) is 0 Å². The van der Waals surface area contributed by atoms with Crippen molar-refractivity contribution in [2.45, 2.75) is 6.54 Å². The first kappa shape index (κ1) is 10.8. The molecule has 2 aromatic heterocycles. The Bertz CT molecular complexity index is 532. The molecule has 0 radical (unpaired) electrons. The summed E-state index contributed by atoms with van der Waals surface area (Å²) in [7, 11) is 0. The summed E-state index contributed by atoms with van der Waals surface area (Å²) in [5, 5.41) is 21.4. The van der Waals surface area contributed by atoms with Gasteiger partial charge < -0.3 is 14.9 Å². The van der Waals surface area contributed by atoms with Crippen molar-refractivity contribution in [3.05, 3.63) is 24.2 Å². The highest BCUT2D eigenvalue weighted by atomic mass is 16.5. The van der Waals surface area contributed by atoms with Gasteiger partial charge in [-0.15, -0.1) is 5.10 Å². The molecule has 0 aliphatic carbocycles. The van der Waals surface area contributed by atoms with Crippen LogP contribution in [0.4, 0.5) is 5.82 Å². The third kappa shape index (κ3) is 2.65. The van der Waals surface area contributed by atoms with Gasteiger partial charge in [-0.05, 0) is 0 Å². The van der Waals surface area contributed by atoms with Gasteiger partial charge in [0, 0.05) is 6.07 Å². The molecule has 88 valence electrons. The number of carbonyl (C=O) groups excluding carboxylic acids is 1. The van der Waals surface area contributed by atoms with Gasteiger partial charge in [-0.25, -0.2) is 4.68 Å². The van der Waals surface area contributed by atoms with Crippen molar-refractivity contribution < 1.29 is 19.2 Å². The van der Waals surface area contributed by atoms with E-state index in [1.54, 1.807) is 0 Å². The Morgan fingerprint density at radius 3 is 3.00 bits per heavy atom. The summed E-state index contributed by atoms with van der Waals surface area (Å²) in [6.07, 6.45) is 2.53. The quantitative estimate of drug-likeness (QED) is 0.741. The third-order valence-corrected chi connectivity index (χ3v) is 1.75. The summed E-state index contributed by atoms with van der Waals surface area (Å²) in [5.41, 5.74) is -0.00532. The minimum absolute atomic E-state index is 0.00532. The molecule has 0 aromatic carbocycles. The van der Waals surface area contributed by atoms with E-state index < -0.39 is 11.9 Å². The second-order valence-electron chi connectivity index (χ2n) is 3.03. The molecule has 9 nitrogen and oxygen atoms in total. The van der Waals surface area contributed by atoms with Crippen LogP contribution in [0, 0.1) is 0 Å². The minimum atomic E-state index is -1.07. The lowest BCUT2D eigenvalue weighted by Crippen LogP contribution is -2.12. The minimum Gasteiger partial charge on any atom is -0.480 e. The van der Waals surface area contributed by atoms with Gasteiger partial charge in [0.25, 0.3) is 5.91 Å². The van der Waals surface area contributed by atoms with Gasteiger partial charge in [0.1, 0.15) is 12.8 Å². The first-order valence-electron chi connectivity index (χ1n) is 4.49. The molecule has 2 rings (SSSR count). The average Bonchev–Trinajstić information content (AvgIpc) is 2.87. The number of amides is 1. The van der Waals surface area contributed by atoms with E-state index in [0.717, 1.165) is 4.68 Å². The van der Waals surface area contributed by atoms with E-state index in [1.807, 2.05) is 0 Å². The van der Waals surface area contributed by atoms with E-state index in [0.29, 0.717) is 0 Å². The van der Waals surface area contributed by atoms with Crippen LogP contribution in [0.1, 0.15) is 10.5 Å². The van der Waals surface area contributed by atoms with Crippen molar-refractivity contribution in [3.63, 3.8) is 0 Å².